The van der Waals surface area contributed by atoms with Crippen molar-refractivity contribution in [1.82, 2.24) is 4.57 Å². The number of nitrogens with zero attached hydrogens (tertiary/aromatic N) is 1. The number of fused-ring (bicyclic) bond motifs is 3. The van der Waals surface area contributed by atoms with Crippen LogP contribution in [0.1, 0.15) is 64.5 Å². The Morgan fingerprint density at radius 3 is 1.85 bits per heavy atom. The molecule has 0 fully saturated rings. The minimum atomic E-state index is 0.717. The standard InChI is InChI=1S/C26H29N/c1-5-9-12-20(8-4)19-27-25-15-13-21(10-6-2)17-23(25)24-18-22(11-7-3)14-16-26(24)27/h13-18,20H,5,8-9,12,19H2,1-4H3. The van der Waals surface area contributed by atoms with Gasteiger partial charge in [0, 0.05) is 39.5 Å². The van der Waals surface area contributed by atoms with Gasteiger partial charge in [-0.2, -0.15) is 0 Å². The minimum Gasteiger partial charge on any atom is -0.340 e. The highest BCUT2D eigenvalue weighted by atomic mass is 15.0. The van der Waals surface area contributed by atoms with Crippen LogP contribution >= 0.6 is 0 Å². The molecule has 1 unspecified atom stereocenters. The highest BCUT2D eigenvalue weighted by molar-refractivity contribution is 6.09. The molecule has 0 saturated carbocycles. The maximum Gasteiger partial charge on any atom is 0.0492 e. The van der Waals surface area contributed by atoms with Crippen LogP contribution in [0.5, 0.6) is 0 Å². The molecule has 0 radical (unpaired) electrons. The molecule has 0 aliphatic rings. The number of aromatic nitrogens is 1. The van der Waals surface area contributed by atoms with Gasteiger partial charge in [-0.05, 0) is 62.6 Å². The first-order valence-electron chi connectivity index (χ1n) is 10.1. The van der Waals surface area contributed by atoms with Gasteiger partial charge in [-0.25, -0.2) is 0 Å². The van der Waals surface area contributed by atoms with Gasteiger partial charge in [0.15, 0.2) is 0 Å². The number of unbranched alkanes of at least 4 members (excludes halogenated alkanes) is 1. The van der Waals surface area contributed by atoms with E-state index in [2.05, 4.69) is 78.5 Å². The molecule has 1 nitrogen and oxygen atoms in total. The third-order valence-electron chi connectivity index (χ3n) is 5.39. The molecule has 1 heteroatoms. The molecular weight excluding hydrogens is 326 g/mol. The van der Waals surface area contributed by atoms with Gasteiger partial charge in [0.25, 0.3) is 0 Å². The van der Waals surface area contributed by atoms with Crippen LogP contribution in [0.4, 0.5) is 0 Å². The summed E-state index contributed by atoms with van der Waals surface area (Å²) in [5.41, 5.74) is 4.77. The van der Waals surface area contributed by atoms with Gasteiger partial charge in [0.05, 0.1) is 0 Å². The summed E-state index contributed by atoms with van der Waals surface area (Å²) in [6.45, 7) is 9.45. The van der Waals surface area contributed by atoms with Crippen molar-refractivity contribution in [3.63, 3.8) is 0 Å². The average molecular weight is 356 g/mol. The molecule has 2 aromatic carbocycles. The van der Waals surface area contributed by atoms with E-state index >= 15 is 0 Å². The van der Waals surface area contributed by atoms with Crippen LogP contribution in [0.25, 0.3) is 21.8 Å². The van der Waals surface area contributed by atoms with E-state index in [-0.39, 0.29) is 0 Å². The smallest absolute Gasteiger partial charge is 0.0492 e. The topological polar surface area (TPSA) is 4.93 Å². The number of hydrogen-bond donors (Lipinski definition) is 0. The van der Waals surface area contributed by atoms with E-state index in [9.17, 15) is 0 Å². The molecule has 0 saturated heterocycles. The van der Waals surface area contributed by atoms with Gasteiger partial charge >= 0.3 is 0 Å². The van der Waals surface area contributed by atoms with Crippen molar-refractivity contribution in [3.05, 3.63) is 47.5 Å². The lowest BCUT2D eigenvalue weighted by Crippen LogP contribution is -2.10. The van der Waals surface area contributed by atoms with Crippen molar-refractivity contribution in [2.24, 2.45) is 5.92 Å². The molecule has 0 amide bonds. The summed E-state index contributed by atoms with van der Waals surface area (Å²) in [7, 11) is 0. The van der Waals surface area contributed by atoms with Gasteiger partial charge in [-0.3, -0.25) is 0 Å². The SMILES string of the molecule is CC#Cc1ccc2c(c1)c1cc(C#CC)ccc1n2CC(CC)CCCC. The van der Waals surface area contributed by atoms with Crippen LogP contribution in [0, 0.1) is 29.6 Å². The second-order valence-electron chi connectivity index (χ2n) is 7.24. The minimum absolute atomic E-state index is 0.717. The van der Waals surface area contributed by atoms with Gasteiger partial charge in [-0.15, -0.1) is 11.8 Å². The molecule has 3 rings (SSSR count). The monoisotopic (exact) mass is 355 g/mol. The second-order valence-corrected chi connectivity index (χ2v) is 7.24. The van der Waals surface area contributed by atoms with Crippen molar-refractivity contribution in [2.45, 2.75) is 59.9 Å². The number of benzene rings is 2. The molecular formula is C26H29N. The Labute approximate surface area is 163 Å². The first-order valence-corrected chi connectivity index (χ1v) is 10.1. The summed E-state index contributed by atoms with van der Waals surface area (Å²) in [5, 5.41) is 2.57. The predicted octanol–water partition coefficient (Wildman–Crippen LogP) is 6.75. The Morgan fingerprint density at radius 1 is 0.852 bits per heavy atom. The lowest BCUT2D eigenvalue weighted by molar-refractivity contribution is 0.401. The molecule has 0 N–H and O–H groups in total. The van der Waals surface area contributed by atoms with E-state index in [0.29, 0.717) is 5.92 Å². The van der Waals surface area contributed by atoms with Crippen molar-refractivity contribution < 1.29 is 0 Å². The summed E-state index contributed by atoms with van der Waals surface area (Å²) in [6.07, 6.45) is 5.09. The summed E-state index contributed by atoms with van der Waals surface area (Å²) in [5.74, 6) is 13.2. The molecule has 0 spiro atoms. The fourth-order valence-electron chi connectivity index (χ4n) is 3.92. The van der Waals surface area contributed by atoms with Crippen LogP contribution < -0.4 is 0 Å². The lowest BCUT2D eigenvalue weighted by atomic mass is 9.99. The molecule has 138 valence electrons. The van der Waals surface area contributed by atoms with Gasteiger partial charge in [0.1, 0.15) is 0 Å². The highest BCUT2D eigenvalue weighted by Gasteiger charge is 2.15. The summed E-state index contributed by atoms with van der Waals surface area (Å²) >= 11 is 0. The zero-order chi connectivity index (χ0) is 19.2. The van der Waals surface area contributed by atoms with Crippen molar-refractivity contribution >= 4 is 21.8 Å². The van der Waals surface area contributed by atoms with Gasteiger partial charge in [-0.1, -0.05) is 45.0 Å². The highest BCUT2D eigenvalue weighted by Crippen LogP contribution is 2.32. The Kier molecular flexibility index (Phi) is 6.26. The average Bonchev–Trinajstić information content (AvgIpc) is 2.98. The molecule has 0 aliphatic carbocycles. The molecule has 1 aromatic heterocycles. The Hall–Kier alpha value is -2.64. The molecule has 1 heterocycles. The van der Waals surface area contributed by atoms with Crippen molar-refractivity contribution in [1.29, 1.82) is 0 Å². The number of rotatable bonds is 6. The molecule has 27 heavy (non-hydrogen) atoms. The predicted molar refractivity (Wildman–Crippen MR) is 118 cm³/mol. The Morgan fingerprint density at radius 2 is 1.41 bits per heavy atom. The third kappa shape index (κ3) is 4.04. The first kappa shape index (κ1) is 19.1. The molecule has 0 aliphatic heterocycles. The van der Waals surface area contributed by atoms with Gasteiger partial charge in [0.2, 0.25) is 0 Å². The van der Waals surface area contributed by atoms with E-state index < -0.39 is 0 Å². The fourth-order valence-corrected chi connectivity index (χ4v) is 3.92. The fraction of sp³-hybridized carbons (Fsp3) is 0.385. The summed E-state index contributed by atoms with van der Waals surface area (Å²) < 4.78 is 2.51. The Bertz CT molecular complexity index is 983. The quantitative estimate of drug-likeness (QED) is 0.431. The zero-order valence-electron chi connectivity index (χ0n) is 17.0. The third-order valence-corrected chi connectivity index (χ3v) is 5.39. The molecule has 0 bridgehead atoms. The second kappa shape index (κ2) is 8.83. The Balaban J connectivity index is 2.19. The van der Waals surface area contributed by atoms with E-state index in [0.717, 1.165) is 17.7 Å². The molecule has 1 atom stereocenters. The normalized spacial score (nSPS) is 11.7. The maximum atomic E-state index is 3.21. The summed E-state index contributed by atoms with van der Waals surface area (Å²) in [6, 6.07) is 13.3. The number of hydrogen-bond acceptors (Lipinski definition) is 0. The van der Waals surface area contributed by atoms with Crippen LogP contribution in [0.15, 0.2) is 36.4 Å². The first-order chi connectivity index (χ1) is 13.2. The van der Waals surface area contributed by atoms with Crippen molar-refractivity contribution in [2.75, 3.05) is 0 Å². The van der Waals surface area contributed by atoms with E-state index in [1.807, 2.05) is 13.8 Å². The molecule has 3 aromatic rings. The van der Waals surface area contributed by atoms with Crippen LogP contribution in [0.3, 0.4) is 0 Å². The van der Waals surface area contributed by atoms with E-state index in [1.54, 1.807) is 0 Å². The largest absolute Gasteiger partial charge is 0.340 e. The maximum absolute atomic E-state index is 3.21. The van der Waals surface area contributed by atoms with E-state index in [1.165, 1.54) is 47.5 Å². The van der Waals surface area contributed by atoms with Crippen LogP contribution in [0.2, 0.25) is 0 Å². The van der Waals surface area contributed by atoms with Crippen molar-refractivity contribution in [3.8, 4) is 23.7 Å². The van der Waals surface area contributed by atoms with E-state index in [4.69, 9.17) is 0 Å². The zero-order valence-corrected chi connectivity index (χ0v) is 17.0. The summed E-state index contributed by atoms with van der Waals surface area (Å²) in [4.78, 5) is 0. The lowest BCUT2D eigenvalue weighted by Gasteiger charge is -2.17. The van der Waals surface area contributed by atoms with Crippen LogP contribution in [-0.4, -0.2) is 4.57 Å². The van der Waals surface area contributed by atoms with Crippen LogP contribution in [-0.2, 0) is 6.54 Å². The van der Waals surface area contributed by atoms with Gasteiger partial charge < -0.3 is 4.57 Å².